The van der Waals surface area contributed by atoms with Gasteiger partial charge in [-0.15, -0.1) is 12.6 Å². The Morgan fingerprint density at radius 1 is 0.727 bits per heavy atom. The van der Waals surface area contributed by atoms with Crippen LogP contribution in [0.25, 0.3) is 21.8 Å². The summed E-state index contributed by atoms with van der Waals surface area (Å²) in [7, 11) is 2.17. The number of aryl methyl sites for hydroxylation is 3. The molecule has 0 spiro atoms. The number of para-hydroxylation sites is 1. The highest BCUT2D eigenvalue weighted by molar-refractivity contribution is 7.80. The van der Waals surface area contributed by atoms with Crippen LogP contribution in [0, 0.1) is 13.8 Å². The molecule has 33 heavy (non-hydrogen) atoms. The minimum absolute atomic E-state index is 0.576. The molecular weight excluding hydrogens is 418 g/mol. The van der Waals surface area contributed by atoms with Crippen LogP contribution in [0.1, 0.15) is 41.5 Å². The molecule has 1 atom stereocenters. The Hall–Kier alpha value is -2.97. The third-order valence-corrected chi connectivity index (χ3v) is 7.22. The van der Waals surface area contributed by atoms with Gasteiger partial charge in [0.15, 0.2) is 0 Å². The fourth-order valence-electron chi connectivity index (χ4n) is 4.63. The van der Waals surface area contributed by atoms with E-state index in [9.17, 15) is 0 Å². The lowest BCUT2D eigenvalue weighted by Gasteiger charge is -2.17. The lowest BCUT2D eigenvalue weighted by molar-refractivity contribution is 0.658. The van der Waals surface area contributed by atoms with Gasteiger partial charge in [-0.3, -0.25) is 0 Å². The fraction of sp³-hybridized carbons (Fsp3) is 0.226. The standard InChI is InChI=1S/C24H25N.C7H8S/c1-4-18(19-10-6-5-7-11-19)15-20-16-22-21-12-8-9-13-23(21)25(3)24(22)14-17(20)2;1-6-4-2-3-5-7(6)8/h5-14,16,18H,4,15H2,1-3H3;2-5,8H,1H3. The normalized spacial score (nSPS) is 11.9. The molecule has 4 aromatic carbocycles. The SMILES string of the molecule is CCC(Cc1cc2c3ccccc3n(C)c2cc1C)c1ccccc1.Cc1ccccc1S. The lowest BCUT2D eigenvalue weighted by atomic mass is 9.88. The van der Waals surface area contributed by atoms with E-state index in [0.29, 0.717) is 5.92 Å². The molecule has 5 rings (SSSR count). The van der Waals surface area contributed by atoms with Gasteiger partial charge in [0.2, 0.25) is 0 Å². The Balaban J connectivity index is 0.000000275. The first-order chi connectivity index (χ1) is 16.0. The van der Waals surface area contributed by atoms with Crippen molar-refractivity contribution in [1.29, 1.82) is 0 Å². The number of nitrogens with zero attached hydrogens (tertiary/aromatic N) is 1. The average Bonchev–Trinajstić information content (AvgIpc) is 3.11. The Morgan fingerprint density at radius 3 is 2.06 bits per heavy atom. The Morgan fingerprint density at radius 2 is 1.39 bits per heavy atom. The summed E-state index contributed by atoms with van der Waals surface area (Å²) < 4.78 is 2.32. The van der Waals surface area contributed by atoms with E-state index >= 15 is 0 Å². The van der Waals surface area contributed by atoms with Crippen LogP contribution >= 0.6 is 12.6 Å². The summed E-state index contributed by atoms with van der Waals surface area (Å²) in [6.07, 6.45) is 2.27. The third kappa shape index (κ3) is 5.02. The number of hydrogen-bond donors (Lipinski definition) is 1. The second-order valence-corrected chi connectivity index (χ2v) is 9.36. The minimum atomic E-state index is 0.576. The van der Waals surface area contributed by atoms with Crippen LogP contribution in [0.4, 0.5) is 0 Å². The van der Waals surface area contributed by atoms with Crippen molar-refractivity contribution in [3.8, 4) is 0 Å². The molecule has 0 aliphatic carbocycles. The highest BCUT2D eigenvalue weighted by Crippen LogP contribution is 2.33. The molecule has 1 nitrogen and oxygen atoms in total. The zero-order chi connectivity index (χ0) is 23.4. The third-order valence-electron chi connectivity index (χ3n) is 6.72. The number of aromatic nitrogens is 1. The number of fused-ring (bicyclic) bond motifs is 3. The van der Waals surface area contributed by atoms with Crippen LogP contribution < -0.4 is 0 Å². The summed E-state index contributed by atoms with van der Waals surface area (Å²) in [4.78, 5) is 1.06. The zero-order valence-electron chi connectivity index (χ0n) is 20.0. The highest BCUT2D eigenvalue weighted by atomic mass is 32.1. The van der Waals surface area contributed by atoms with Gasteiger partial charge < -0.3 is 4.57 Å². The Bertz CT molecular complexity index is 1340. The minimum Gasteiger partial charge on any atom is -0.344 e. The van der Waals surface area contributed by atoms with Crippen LogP contribution in [0.5, 0.6) is 0 Å². The van der Waals surface area contributed by atoms with Gasteiger partial charge in [0, 0.05) is 33.7 Å². The summed E-state index contributed by atoms with van der Waals surface area (Å²) in [5.74, 6) is 0.576. The van der Waals surface area contributed by atoms with Crippen molar-refractivity contribution in [2.45, 2.75) is 44.4 Å². The number of benzene rings is 4. The Labute approximate surface area is 203 Å². The highest BCUT2D eigenvalue weighted by Gasteiger charge is 2.15. The predicted octanol–water partition coefficient (Wildman–Crippen LogP) is 8.66. The monoisotopic (exact) mass is 451 g/mol. The van der Waals surface area contributed by atoms with Gasteiger partial charge in [-0.1, -0.05) is 73.7 Å². The van der Waals surface area contributed by atoms with Crippen LogP contribution in [-0.2, 0) is 13.5 Å². The molecule has 0 fully saturated rings. The Kier molecular flexibility index (Phi) is 7.25. The first kappa shape index (κ1) is 23.2. The smallest absolute Gasteiger partial charge is 0.0491 e. The molecule has 0 aliphatic heterocycles. The largest absolute Gasteiger partial charge is 0.344 e. The summed E-state index contributed by atoms with van der Waals surface area (Å²) in [6.45, 7) is 6.59. The summed E-state index contributed by atoms with van der Waals surface area (Å²) in [5.41, 5.74) is 8.19. The number of thiol groups is 1. The first-order valence-corrected chi connectivity index (χ1v) is 12.2. The maximum atomic E-state index is 4.20. The second-order valence-electron chi connectivity index (χ2n) is 8.88. The fourth-order valence-corrected chi connectivity index (χ4v) is 4.79. The summed E-state index contributed by atoms with van der Waals surface area (Å²) in [6, 6.07) is 32.5. The van der Waals surface area contributed by atoms with E-state index in [1.807, 2.05) is 31.2 Å². The van der Waals surface area contributed by atoms with Crippen molar-refractivity contribution < 1.29 is 0 Å². The number of rotatable bonds is 4. The number of hydrogen-bond acceptors (Lipinski definition) is 1. The summed E-state index contributed by atoms with van der Waals surface area (Å²) >= 11 is 4.20. The van der Waals surface area contributed by atoms with E-state index in [1.165, 1.54) is 44.1 Å². The van der Waals surface area contributed by atoms with Crippen LogP contribution in [0.3, 0.4) is 0 Å². The maximum absolute atomic E-state index is 4.20. The van der Waals surface area contributed by atoms with Crippen LogP contribution in [0.15, 0.2) is 95.9 Å². The molecule has 5 aromatic rings. The molecule has 2 heteroatoms. The molecule has 1 aromatic heterocycles. The van der Waals surface area contributed by atoms with E-state index in [-0.39, 0.29) is 0 Å². The maximum Gasteiger partial charge on any atom is 0.0491 e. The second kappa shape index (κ2) is 10.3. The van der Waals surface area contributed by atoms with Crippen LogP contribution in [0.2, 0.25) is 0 Å². The molecular formula is C31H33NS. The van der Waals surface area contributed by atoms with Crippen molar-refractivity contribution in [3.05, 3.63) is 113 Å². The van der Waals surface area contributed by atoms with Gasteiger partial charge >= 0.3 is 0 Å². The zero-order valence-corrected chi connectivity index (χ0v) is 20.9. The molecule has 0 saturated heterocycles. The summed E-state index contributed by atoms with van der Waals surface area (Å²) in [5, 5.41) is 2.73. The van der Waals surface area contributed by atoms with Gasteiger partial charge in [-0.2, -0.15) is 0 Å². The lowest BCUT2D eigenvalue weighted by Crippen LogP contribution is -2.03. The topological polar surface area (TPSA) is 4.93 Å². The molecule has 0 saturated carbocycles. The van der Waals surface area contributed by atoms with Gasteiger partial charge in [0.1, 0.15) is 0 Å². The van der Waals surface area contributed by atoms with E-state index in [2.05, 4.69) is 105 Å². The van der Waals surface area contributed by atoms with E-state index in [1.54, 1.807) is 0 Å². The van der Waals surface area contributed by atoms with Crippen molar-refractivity contribution in [2.24, 2.45) is 7.05 Å². The molecule has 0 N–H and O–H groups in total. The van der Waals surface area contributed by atoms with Crippen molar-refractivity contribution in [1.82, 2.24) is 4.57 Å². The van der Waals surface area contributed by atoms with E-state index < -0.39 is 0 Å². The molecule has 1 heterocycles. The van der Waals surface area contributed by atoms with E-state index in [4.69, 9.17) is 0 Å². The average molecular weight is 452 g/mol. The van der Waals surface area contributed by atoms with Crippen molar-refractivity contribution in [2.75, 3.05) is 0 Å². The van der Waals surface area contributed by atoms with Crippen LogP contribution in [-0.4, -0.2) is 4.57 Å². The quantitative estimate of drug-likeness (QED) is 0.261. The molecule has 0 amide bonds. The van der Waals surface area contributed by atoms with Gasteiger partial charge in [-0.25, -0.2) is 0 Å². The molecule has 0 radical (unpaired) electrons. The molecule has 0 bridgehead atoms. The van der Waals surface area contributed by atoms with Gasteiger partial charge in [0.05, 0.1) is 0 Å². The van der Waals surface area contributed by atoms with E-state index in [0.717, 1.165) is 17.7 Å². The first-order valence-electron chi connectivity index (χ1n) is 11.8. The van der Waals surface area contributed by atoms with Gasteiger partial charge in [-0.05, 0) is 79.1 Å². The predicted molar refractivity (Wildman–Crippen MR) is 147 cm³/mol. The molecule has 0 aliphatic rings. The molecule has 168 valence electrons. The van der Waals surface area contributed by atoms with Crippen molar-refractivity contribution in [3.63, 3.8) is 0 Å². The molecule has 1 unspecified atom stereocenters. The van der Waals surface area contributed by atoms with Crippen molar-refractivity contribution >= 4 is 34.4 Å². The van der Waals surface area contributed by atoms with Gasteiger partial charge in [0.25, 0.3) is 0 Å².